The van der Waals surface area contributed by atoms with E-state index in [1.54, 1.807) is 20.8 Å². The van der Waals surface area contributed by atoms with Crippen molar-refractivity contribution in [2.24, 2.45) is 21.7 Å². The minimum absolute atomic E-state index is 0. The van der Waals surface area contributed by atoms with Crippen molar-refractivity contribution >= 4 is 178 Å². The Hall–Kier alpha value is -7.14. The number of thiophene rings is 4. The number of benzene rings is 6. The summed E-state index contributed by atoms with van der Waals surface area (Å²) in [4.78, 5) is 55.4. The fraction of sp³-hybridized carbons (Fsp3) is 0.467. The fourth-order valence-corrected chi connectivity index (χ4v) is 19.3. The van der Waals surface area contributed by atoms with Crippen LogP contribution in [0.25, 0.3) is 32.3 Å². The van der Waals surface area contributed by atoms with Crippen LogP contribution in [0.5, 0.6) is 0 Å². The van der Waals surface area contributed by atoms with Crippen LogP contribution in [0.4, 0.5) is 15.0 Å². The number of carboxylic acid groups (broad SMARTS) is 1. The molecule has 24 nitrogen and oxygen atoms in total. The monoisotopic (exact) mass is 2400 g/mol. The summed E-state index contributed by atoms with van der Waals surface area (Å²) < 4.78 is 38.3. The summed E-state index contributed by atoms with van der Waals surface area (Å²) >= 11 is 18.8. The van der Waals surface area contributed by atoms with Gasteiger partial charge in [-0.05, 0) is 128 Å². The molecule has 4 atom stereocenters. The molecule has 4 saturated heterocycles. The predicted octanol–water partition coefficient (Wildman–Crippen LogP) is 24.3. The Balaban J connectivity index is 0.000000428. The van der Waals surface area contributed by atoms with Gasteiger partial charge >= 0.3 is 74.3 Å². The van der Waals surface area contributed by atoms with Crippen LogP contribution in [0.1, 0.15) is 234 Å². The van der Waals surface area contributed by atoms with E-state index in [9.17, 15) is 55.4 Å². The molecule has 141 heavy (non-hydrogen) atoms. The Bertz CT molecular complexity index is 5660. The molecule has 766 valence electrons. The van der Waals surface area contributed by atoms with Crippen LogP contribution in [0.3, 0.4) is 0 Å². The molecule has 0 saturated carbocycles. The summed E-state index contributed by atoms with van der Waals surface area (Å²) in [6, 6.07) is 51.5. The number of anilines is 3. The Morgan fingerprint density at radius 3 is 1.06 bits per heavy atom. The molecule has 8 heterocycles. The average molecular weight is 2410 g/mol. The van der Waals surface area contributed by atoms with Crippen molar-refractivity contribution < 1.29 is 115 Å². The Morgan fingerprint density at radius 2 is 0.745 bits per heavy atom. The maximum absolute atomic E-state index is 12.7. The van der Waals surface area contributed by atoms with Gasteiger partial charge in [0, 0.05) is 76.3 Å². The molecule has 10 aromatic rings. The van der Waals surface area contributed by atoms with E-state index < -0.39 is 23.9 Å². The van der Waals surface area contributed by atoms with Crippen LogP contribution < -0.4 is 20.0 Å². The second-order valence-corrected chi connectivity index (χ2v) is 44.5. The number of ether oxygens (including phenoxy) is 7. The van der Waals surface area contributed by atoms with Crippen LogP contribution in [0, 0.1) is 85.7 Å². The van der Waals surface area contributed by atoms with Crippen LogP contribution in [-0.2, 0) is 82.8 Å². The quantitative estimate of drug-likeness (QED) is 0.0201. The molecule has 34 heteroatoms. The molecule has 14 rings (SSSR count). The molecule has 0 bridgehead atoms. The van der Waals surface area contributed by atoms with Gasteiger partial charge in [0.05, 0.1) is 127 Å². The van der Waals surface area contributed by atoms with Crippen LogP contribution in [0.2, 0.25) is 0 Å². The van der Waals surface area contributed by atoms with Gasteiger partial charge in [-0.25, -0.2) is 19.2 Å². The fourth-order valence-electron chi connectivity index (χ4n) is 12.4. The minimum atomic E-state index is -1.03. The van der Waals surface area contributed by atoms with E-state index in [0.29, 0.717) is 171 Å². The molecular weight excluding hydrogens is 2270 g/mol. The van der Waals surface area contributed by atoms with Gasteiger partial charge in [0.2, 0.25) is 0 Å². The number of halogens is 4. The van der Waals surface area contributed by atoms with Gasteiger partial charge < -0.3 is 90.5 Å². The van der Waals surface area contributed by atoms with Gasteiger partial charge in [0.1, 0.15) is 64.4 Å². The summed E-state index contributed by atoms with van der Waals surface area (Å²) in [7, 11) is 0. The molecule has 0 aliphatic carbocycles. The van der Waals surface area contributed by atoms with E-state index in [4.69, 9.17) is 43.5 Å². The second-order valence-electron chi connectivity index (χ2n) is 37.6. The molecule has 4 aromatic heterocycles. The van der Waals surface area contributed by atoms with Crippen molar-refractivity contribution in [3.05, 3.63) is 228 Å². The zero-order valence-electron chi connectivity index (χ0n) is 85.0. The number of hydrogen-bond acceptors (Lipinski definition) is 27. The van der Waals surface area contributed by atoms with E-state index in [1.807, 2.05) is 99.6 Å². The number of carboxylic acids is 1. The number of aliphatic hydroxyl groups is 4. The number of nitrogens with one attached hydrogen (secondary N) is 1. The second kappa shape index (κ2) is 64.8. The van der Waals surface area contributed by atoms with Crippen molar-refractivity contribution in [3.63, 3.8) is 0 Å². The third kappa shape index (κ3) is 41.6. The standard InChI is InChI=1S/C24H24N2O4S.C22H20N2O4S.C13H15BrN2O4S.C11H9.C8H5Br2NO2S.2C8H18.C5H11NO2.2C4H9.BrH.Pd.Zn/c1-2-29-24(28)22-20(12-16-7-8-17-5-3-4-6-18(17)11-16)21(13-25)23(31-22)26-9-10-30-19(14-26)15-27;23-11-19-18(10-14-5-6-15-3-1-2-4-16(15)9-14)20(22(26)27)29-21(19)24-7-8-28-17(12-24)13-25;1-2-19-13(18)11-10(14)9(5-15)12(21-11)16-3-4-20-8(6-16)7-17;1-9-6-7-10-4-2-3-5-11(10)8-9;1-2-13-8(12)6-5(9)4(3-11)7(10)14-6;2*1-7(2,3)8(4,5)6;7-4-5-3-6-1-2-8-5;2*1-4(2)3;;;/h3-8,11,19,27H,2,9-10,12,14-15H2,1H3;1-6,9,17,25H,7-8,10,12-13H2,(H,26,27);8,17H,2-4,6-7H2,1H3;2-8H,1H2;2H2,1H3;2*1-6H3;5-7H,1-4H2;2*1-3H3;1H;;/q;;;-1;;;;;2*-1;;2*+2/p-1. The number of morpholine rings is 4. The van der Waals surface area contributed by atoms with Crippen LogP contribution in [-0.4, -0.2) is 199 Å². The Labute approximate surface area is 907 Å². The zero-order valence-corrected chi connectivity index (χ0v) is 99.1. The summed E-state index contributed by atoms with van der Waals surface area (Å²) in [6.45, 7) is 56.6. The van der Waals surface area contributed by atoms with Gasteiger partial charge in [-0.15, -0.1) is 51.4 Å². The number of nitriles is 4. The first-order chi connectivity index (χ1) is 66.2. The molecule has 0 radical (unpaired) electrons. The number of aromatic carboxylic acids is 1. The number of esters is 3. The first kappa shape index (κ1) is 128. The van der Waals surface area contributed by atoms with Crippen molar-refractivity contribution in [3.8, 4) is 24.3 Å². The summed E-state index contributed by atoms with van der Waals surface area (Å²) in [6.07, 6.45) is -0.0564. The van der Waals surface area contributed by atoms with E-state index >= 15 is 0 Å². The van der Waals surface area contributed by atoms with Crippen LogP contribution in [0.15, 0.2) is 140 Å². The van der Waals surface area contributed by atoms with Gasteiger partial charge in [-0.1, -0.05) is 198 Å². The predicted molar refractivity (Wildman–Crippen MR) is 580 cm³/mol. The molecule has 4 unspecified atom stereocenters. The molecule has 0 amide bonds. The number of aliphatic hydroxyl groups excluding tert-OH is 4. The van der Waals surface area contributed by atoms with E-state index in [1.165, 1.54) is 73.0 Å². The Morgan fingerprint density at radius 1 is 0.447 bits per heavy atom. The molecule has 0 spiro atoms. The van der Waals surface area contributed by atoms with Crippen molar-refractivity contribution in [2.75, 3.05) is 140 Å². The van der Waals surface area contributed by atoms with Gasteiger partial charge in [-0.3, -0.25) is 0 Å². The van der Waals surface area contributed by atoms with Gasteiger partial charge in [0.25, 0.3) is 0 Å². The number of hydrogen-bond donors (Lipinski definition) is 6. The molecule has 4 aliphatic rings. The topological polar surface area (TPSA) is 351 Å². The van der Waals surface area contributed by atoms with Gasteiger partial charge in [0.15, 0.2) is 0 Å². The first-order valence-electron chi connectivity index (χ1n) is 46.1. The van der Waals surface area contributed by atoms with Gasteiger partial charge in [-0.2, -0.15) is 87.2 Å². The first-order valence-corrected chi connectivity index (χ1v) is 58.7. The average Bonchev–Trinajstić information content (AvgIpc) is 1.63. The third-order valence-corrected chi connectivity index (χ3v) is 30.2. The molecule has 4 aliphatic heterocycles. The van der Waals surface area contributed by atoms with E-state index in [0.717, 1.165) is 74.3 Å². The number of carbonyl (C=O) groups is 4. The zero-order chi connectivity index (χ0) is 105. The van der Waals surface area contributed by atoms with Crippen molar-refractivity contribution in [1.29, 1.82) is 21.0 Å². The van der Waals surface area contributed by atoms with Crippen molar-refractivity contribution in [2.45, 2.75) is 183 Å². The van der Waals surface area contributed by atoms with E-state index in [2.05, 4.69) is 265 Å². The van der Waals surface area contributed by atoms with E-state index in [-0.39, 0.29) is 89.4 Å². The molecular formula is C107H138Br4N8O16PdS4Zn. The molecule has 6 N–H and O–H groups in total. The number of fused-ring (bicyclic) bond motifs is 3. The van der Waals surface area contributed by atoms with Crippen LogP contribution >= 0.6 is 107 Å². The number of rotatable bonds is 18. The normalized spacial score (nSPS) is 15.4. The van der Waals surface area contributed by atoms with Crippen molar-refractivity contribution in [1.82, 2.24) is 5.32 Å². The Kier molecular flexibility index (Phi) is 58.8. The molecule has 4 fully saturated rings. The molecule has 6 aromatic carbocycles. The summed E-state index contributed by atoms with van der Waals surface area (Å²) in [5.74, 6) is 0.550. The maximum atomic E-state index is 12.7. The SMILES string of the molecule is CC(C)(C)C(C)(C)C.CC(C)(C)C(C)(C)C.CCOC(=O)c1sc(Br)c(C#N)c1Br.CCOC(=O)c1sc(N2CCOC(CO)C2)c(C#N)c1Br.CCOC(=O)c1sc(N2CCOC(CO)C2)c(C#N)c1Cc1ccc2ccccc2c1.C[C-](C)C.C[C-](C)C.N#Cc1c(N2CCOC(CO)C2)sc(C(=O)O)c1Cc1ccc2ccccc2c1.OCC1CNCCO1.[CH2-]c1ccc2ccccc2c1.[Pd+2].[Zn+][Br]. The number of carbonyl (C=O) groups excluding carboxylic acids is 3. The number of nitrogens with zero attached hydrogens (tertiary/aromatic N) is 7. The summed E-state index contributed by atoms with van der Waals surface area (Å²) in [5, 5.41) is 96.6. The third-order valence-electron chi connectivity index (χ3n) is 22.4. The summed E-state index contributed by atoms with van der Waals surface area (Å²) in [5.41, 5.74) is 7.80.